The predicted molar refractivity (Wildman–Crippen MR) is 198 cm³/mol. The fraction of sp³-hybridized carbons (Fsp3) is 0.158. The summed E-state index contributed by atoms with van der Waals surface area (Å²) in [6.07, 6.45) is 17.1. The lowest BCUT2D eigenvalue weighted by Crippen LogP contribution is -2.08. The minimum absolute atomic E-state index is 0.0545. The van der Waals surface area contributed by atoms with Crippen LogP contribution >= 0.6 is 11.3 Å². The SMILES string of the molecule is COc1cccc(CC(=O)c2cc(Oc3cnc(C)nc3)cn3ccnc23)n1.Cc1csc(CC(=O)c2cc(Oc3cnc(C)nc3)cn3ccnc23)n1. The standard InChI is InChI=1S/C20H17N5O3.C18H15N5O2S/c1-13-22-10-16(11-23-13)28-15-9-17(20-21-6-7-25(20)12-15)18(26)8-14-4-3-5-19(24-14)27-2;1-11-10-26-17(22-11)6-16(24)15-5-13(9-23-4-3-19-18(15)23)25-14-7-20-12(2)21-8-14/h3-7,9-12H,8H2,1-2H3;3-5,7-10H,6H2,1-2H3. The highest BCUT2D eigenvalue weighted by Gasteiger charge is 2.18. The van der Waals surface area contributed by atoms with E-state index in [1.807, 2.05) is 12.3 Å². The van der Waals surface area contributed by atoms with Gasteiger partial charge in [0.15, 0.2) is 23.1 Å². The number of aromatic nitrogens is 10. The fourth-order valence-corrected chi connectivity index (χ4v) is 6.09. The van der Waals surface area contributed by atoms with E-state index >= 15 is 0 Å². The summed E-state index contributed by atoms with van der Waals surface area (Å²) in [5.41, 5.74) is 3.62. The summed E-state index contributed by atoms with van der Waals surface area (Å²) in [7, 11) is 1.54. The first-order chi connectivity index (χ1) is 26.2. The Morgan fingerprint density at radius 3 is 1.72 bits per heavy atom. The van der Waals surface area contributed by atoms with E-state index in [1.165, 1.54) is 18.4 Å². The van der Waals surface area contributed by atoms with Gasteiger partial charge in [-0.3, -0.25) is 9.59 Å². The number of carbonyl (C=O) groups is 2. The molecule has 54 heavy (non-hydrogen) atoms. The summed E-state index contributed by atoms with van der Waals surface area (Å²) in [4.78, 5) is 59.5. The van der Waals surface area contributed by atoms with Crippen molar-refractivity contribution in [2.45, 2.75) is 33.6 Å². The molecule has 0 aliphatic rings. The number of methoxy groups -OCH3 is 1. The van der Waals surface area contributed by atoms with Crippen molar-refractivity contribution in [3.8, 4) is 28.9 Å². The highest BCUT2D eigenvalue weighted by molar-refractivity contribution is 7.09. The Balaban J connectivity index is 0.000000167. The van der Waals surface area contributed by atoms with Crippen molar-refractivity contribution < 1.29 is 23.8 Å². The molecule has 8 rings (SSSR count). The largest absolute Gasteiger partial charge is 0.481 e. The van der Waals surface area contributed by atoms with Crippen molar-refractivity contribution in [1.29, 1.82) is 0 Å². The third-order valence-electron chi connectivity index (χ3n) is 7.82. The number of thiazole rings is 1. The van der Waals surface area contributed by atoms with E-state index in [1.54, 1.807) is 115 Å². The predicted octanol–water partition coefficient (Wildman–Crippen LogP) is 6.47. The molecule has 8 aromatic rings. The lowest BCUT2D eigenvalue weighted by Gasteiger charge is -2.09. The van der Waals surface area contributed by atoms with Crippen LogP contribution in [0.25, 0.3) is 11.3 Å². The van der Waals surface area contributed by atoms with Gasteiger partial charge in [-0.25, -0.2) is 39.9 Å². The van der Waals surface area contributed by atoms with Crippen molar-refractivity contribution in [2.24, 2.45) is 0 Å². The molecule has 0 N–H and O–H groups in total. The van der Waals surface area contributed by atoms with Crippen molar-refractivity contribution in [3.05, 3.63) is 137 Å². The Morgan fingerprint density at radius 1 is 0.685 bits per heavy atom. The lowest BCUT2D eigenvalue weighted by atomic mass is 10.1. The van der Waals surface area contributed by atoms with Gasteiger partial charge < -0.3 is 23.0 Å². The molecular weight excluding hydrogens is 709 g/mol. The zero-order valence-corrected chi connectivity index (χ0v) is 30.4. The van der Waals surface area contributed by atoms with Gasteiger partial charge in [0.2, 0.25) is 5.88 Å². The van der Waals surface area contributed by atoms with Crippen LogP contribution in [0.2, 0.25) is 0 Å². The first-order valence-corrected chi connectivity index (χ1v) is 17.4. The van der Waals surface area contributed by atoms with Gasteiger partial charge in [-0.05, 0) is 39.0 Å². The molecular formula is C38H32N10O5S. The number of aryl methyl sites for hydroxylation is 3. The van der Waals surface area contributed by atoms with E-state index in [2.05, 4.69) is 39.9 Å². The molecule has 0 atom stereocenters. The van der Waals surface area contributed by atoms with E-state index in [0.717, 1.165) is 10.7 Å². The zero-order valence-electron chi connectivity index (χ0n) is 29.6. The quantitative estimate of drug-likeness (QED) is 0.132. The molecule has 16 heteroatoms. The minimum atomic E-state index is -0.123. The van der Waals surface area contributed by atoms with Crippen LogP contribution in [-0.2, 0) is 12.8 Å². The molecule has 0 saturated heterocycles. The van der Waals surface area contributed by atoms with Gasteiger partial charge >= 0.3 is 0 Å². The molecule has 0 amide bonds. The van der Waals surface area contributed by atoms with E-state index in [0.29, 0.717) is 68.6 Å². The van der Waals surface area contributed by atoms with Crippen molar-refractivity contribution in [3.63, 3.8) is 0 Å². The number of ketones is 2. The van der Waals surface area contributed by atoms with Crippen LogP contribution in [0.1, 0.15) is 48.8 Å². The smallest absolute Gasteiger partial charge is 0.213 e. The maximum atomic E-state index is 13.0. The molecule has 8 heterocycles. The number of imidazole rings is 2. The molecule has 0 aliphatic carbocycles. The maximum absolute atomic E-state index is 13.0. The number of hydrogen-bond acceptors (Lipinski definition) is 14. The number of fused-ring (bicyclic) bond motifs is 2. The summed E-state index contributed by atoms with van der Waals surface area (Å²) < 4.78 is 20.3. The molecule has 270 valence electrons. The highest BCUT2D eigenvalue weighted by Crippen LogP contribution is 2.26. The van der Waals surface area contributed by atoms with Crippen molar-refractivity contribution in [1.82, 2.24) is 48.7 Å². The molecule has 0 saturated carbocycles. The molecule has 15 nitrogen and oxygen atoms in total. The summed E-state index contributed by atoms with van der Waals surface area (Å²) in [6.45, 7) is 5.51. The van der Waals surface area contributed by atoms with Crippen LogP contribution in [0, 0.1) is 20.8 Å². The monoisotopic (exact) mass is 740 g/mol. The maximum Gasteiger partial charge on any atom is 0.213 e. The Bertz CT molecular complexity index is 2580. The molecule has 0 aromatic carbocycles. The molecule has 0 unspecified atom stereocenters. The number of ether oxygens (including phenoxy) is 3. The molecule has 0 radical (unpaired) electrons. The van der Waals surface area contributed by atoms with E-state index in [-0.39, 0.29) is 24.4 Å². The van der Waals surface area contributed by atoms with E-state index in [9.17, 15) is 9.59 Å². The van der Waals surface area contributed by atoms with Crippen molar-refractivity contribution >= 4 is 34.2 Å². The fourth-order valence-electron chi connectivity index (χ4n) is 5.32. The number of nitrogens with zero attached hydrogens (tertiary/aromatic N) is 10. The van der Waals surface area contributed by atoms with Crippen LogP contribution < -0.4 is 14.2 Å². The second-order valence-corrected chi connectivity index (χ2v) is 12.8. The van der Waals surface area contributed by atoms with Gasteiger partial charge in [0.1, 0.15) is 39.4 Å². The van der Waals surface area contributed by atoms with Crippen LogP contribution in [0.15, 0.2) is 97.7 Å². The van der Waals surface area contributed by atoms with Gasteiger partial charge in [0, 0.05) is 41.9 Å². The molecule has 0 spiro atoms. The summed E-state index contributed by atoms with van der Waals surface area (Å²) in [6, 6.07) is 8.69. The average molecular weight is 741 g/mol. The Hall–Kier alpha value is -6.94. The lowest BCUT2D eigenvalue weighted by molar-refractivity contribution is 0.0985. The minimum Gasteiger partial charge on any atom is -0.481 e. The van der Waals surface area contributed by atoms with Gasteiger partial charge in [-0.15, -0.1) is 11.3 Å². The first-order valence-electron chi connectivity index (χ1n) is 16.5. The topological polar surface area (TPSA) is 174 Å². The molecule has 0 aliphatic heterocycles. The van der Waals surface area contributed by atoms with Crippen LogP contribution in [0.4, 0.5) is 0 Å². The van der Waals surface area contributed by atoms with Gasteiger partial charge in [-0.1, -0.05) is 6.07 Å². The number of Topliss-reactive ketones (excluding diaryl/α,β-unsaturated/α-hetero) is 2. The number of hydrogen-bond donors (Lipinski definition) is 0. The molecule has 8 aromatic heterocycles. The van der Waals surface area contributed by atoms with Gasteiger partial charge in [-0.2, -0.15) is 0 Å². The second-order valence-electron chi connectivity index (χ2n) is 11.9. The van der Waals surface area contributed by atoms with Gasteiger partial charge in [0.05, 0.1) is 74.0 Å². The number of pyridine rings is 3. The Kier molecular flexibility index (Phi) is 10.3. The van der Waals surface area contributed by atoms with E-state index in [4.69, 9.17) is 14.2 Å². The first kappa shape index (κ1) is 35.5. The second kappa shape index (κ2) is 15.7. The zero-order chi connectivity index (χ0) is 37.6. The van der Waals surface area contributed by atoms with Crippen molar-refractivity contribution in [2.75, 3.05) is 7.11 Å². The Labute approximate surface area is 312 Å². The van der Waals surface area contributed by atoms with E-state index < -0.39 is 0 Å². The normalized spacial score (nSPS) is 10.9. The summed E-state index contributed by atoms with van der Waals surface area (Å²) in [5.74, 6) is 3.59. The van der Waals surface area contributed by atoms with Crippen LogP contribution in [0.5, 0.6) is 28.9 Å². The third-order valence-corrected chi connectivity index (χ3v) is 8.79. The van der Waals surface area contributed by atoms with Crippen LogP contribution in [-0.4, -0.2) is 67.3 Å². The number of carbonyl (C=O) groups excluding carboxylic acids is 2. The summed E-state index contributed by atoms with van der Waals surface area (Å²) in [5, 5.41) is 2.72. The number of rotatable bonds is 11. The van der Waals surface area contributed by atoms with Crippen LogP contribution in [0.3, 0.4) is 0 Å². The Morgan fingerprint density at radius 2 is 1.22 bits per heavy atom. The third kappa shape index (κ3) is 8.40. The van der Waals surface area contributed by atoms with Gasteiger partial charge in [0.25, 0.3) is 0 Å². The highest BCUT2D eigenvalue weighted by atomic mass is 32.1. The average Bonchev–Trinajstić information content (AvgIpc) is 3.95. The molecule has 0 fully saturated rings. The molecule has 0 bridgehead atoms. The summed E-state index contributed by atoms with van der Waals surface area (Å²) >= 11 is 1.48.